The van der Waals surface area contributed by atoms with Gasteiger partial charge in [-0.05, 0) is 32.3 Å². The summed E-state index contributed by atoms with van der Waals surface area (Å²) >= 11 is 0. The number of nitrogens with zero attached hydrogens (tertiary/aromatic N) is 1. The van der Waals surface area contributed by atoms with Crippen LogP contribution in [0.5, 0.6) is 0 Å². The van der Waals surface area contributed by atoms with Crippen LogP contribution in [0.15, 0.2) is 24.3 Å². The molecule has 0 bridgehead atoms. The number of anilines is 1. The highest BCUT2D eigenvalue weighted by Gasteiger charge is 2.26. The van der Waals surface area contributed by atoms with E-state index >= 15 is 0 Å². The number of hydrogen-bond acceptors (Lipinski definition) is 3. The van der Waals surface area contributed by atoms with E-state index in [2.05, 4.69) is 4.90 Å². The minimum Gasteiger partial charge on any atom is -0.395 e. The molecular weight excluding hydrogens is 214 g/mol. The second kappa shape index (κ2) is 5.52. The van der Waals surface area contributed by atoms with Crippen LogP contribution >= 0.6 is 0 Å². The zero-order valence-corrected chi connectivity index (χ0v) is 10.3. The van der Waals surface area contributed by atoms with Crippen molar-refractivity contribution < 1.29 is 10.2 Å². The molecule has 0 radical (unpaired) electrons. The average Bonchev–Trinajstić information content (AvgIpc) is 2.26. The van der Waals surface area contributed by atoms with Crippen molar-refractivity contribution in [1.82, 2.24) is 0 Å². The molecule has 3 nitrogen and oxygen atoms in total. The van der Waals surface area contributed by atoms with Crippen molar-refractivity contribution in [2.75, 3.05) is 18.1 Å². The van der Waals surface area contributed by atoms with Crippen molar-refractivity contribution in [2.45, 2.75) is 38.3 Å². The summed E-state index contributed by atoms with van der Waals surface area (Å²) in [6.07, 6.45) is 3.18. The van der Waals surface area contributed by atoms with Crippen LogP contribution in [-0.2, 0) is 0 Å². The molecule has 0 spiro atoms. The van der Waals surface area contributed by atoms with Gasteiger partial charge in [0.15, 0.2) is 0 Å². The maximum absolute atomic E-state index is 9.80. The maximum Gasteiger partial charge on any atom is 0.0781 e. The molecule has 1 fully saturated rings. The first-order chi connectivity index (χ1) is 8.24. The molecular formula is C14H21NO2. The van der Waals surface area contributed by atoms with Crippen LogP contribution < -0.4 is 4.90 Å². The number of para-hydroxylation sites is 1. The largest absolute Gasteiger partial charge is 0.395 e. The van der Waals surface area contributed by atoms with Crippen LogP contribution in [0, 0.1) is 0 Å². The smallest absolute Gasteiger partial charge is 0.0781 e. The normalized spacial score (nSPS) is 17.6. The van der Waals surface area contributed by atoms with Gasteiger partial charge in [-0.15, -0.1) is 0 Å². The van der Waals surface area contributed by atoms with E-state index in [0.717, 1.165) is 11.3 Å². The van der Waals surface area contributed by atoms with Gasteiger partial charge < -0.3 is 15.1 Å². The molecule has 0 amide bonds. The standard InChI is InChI=1S/C14H21NO2/c1-11(17)13-7-2-3-8-14(13)15(9-10-16)12-5-4-6-12/h2-3,7-8,11-12,16-17H,4-6,9-10H2,1H3/t11-/m1/s1. The van der Waals surface area contributed by atoms with Crippen LogP contribution in [0.1, 0.15) is 37.9 Å². The molecule has 0 aliphatic heterocycles. The Kier molecular flexibility index (Phi) is 4.02. The van der Waals surface area contributed by atoms with Crippen molar-refractivity contribution in [3.05, 3.63) is 29.8 Å². The molecule has 1 atom stereocenters. The lowest BCUT2D eigenvalue weighted by atomic mass is 9.90. The summed E-state index contributed by atoms with van der Waals surface area (Å²) in [7, 11) is 0. The fraction of sp³-hybridized carbons (Fsp3) is 0.571. The van der Waals surface area contributed by atoms with E-state index in [1.54, 1.807) is 6.92 Å². The zero-order chi connectivity index (χ0) is 12.3. The second-order valence-electron chi connectivity index (χ2n) is 4.74. The van der Waals surface area contributed by atoms with Gasteiger partial charge in [0.25, 0.3) is 0 Å². The Hall–Kier alpha value is -1.06. The van der Waals surface area contributed by atoms with Gasteiger partial charge in [-0.2, -0.15) is 0 Å². The summed E-state index contributed by atoms with van der Waals surface area (Å²) in [6, 6.07) is 8.47. The van der Waals surface area contributed by atoms with Crippen LogP contribution in [0.25, 0.3) is 0 Å². The van der Waals surface area contributed by atoms with E-state index in [1.165, 1.54) is 19.3 Å². The Morgan fingerprint density at radius 3 is 2.59 bits per heavy atom. The Morgan fingerprint density at radius 1 is 1.35 bits per heavy atom. The first-order valence-corrected chi connectivity index (χ1v) is 6.38. The van der Waals surface area contributed by atoms with E-state index in [1.807, 2.05) is 24.3 Å². The fourth-order valence-electron chi connectivity index (χ4n) is 2.41. The molecule has 94 valence electrons. The molecule has 1 aromatic carbocycles. The highest BCUT2D eigenvalue weighted by atomic mass is 16.3. The van der Waals surface area contributed by atoms with Crippen molar-refractivity contribution in [2.24, 2.45) is 0 Å². The van der Waals surface area contributed by atoms with Crippen LogP contribution in [-0.4, -0.2) is 29.4 Å². The van der Waals surface area contributed by atoms with Crippen LogP contribution in [0.3, 0.4) is 0 Å². The molecule has 1 aromatic rings. The van der Waals surface area contributed by atoms with Crippen molar-refractivity contribution in [1.29, 1.82) is 0 Å². The van der Waals surface area contributed by atoms with E-state index in [-0.39, 0.29) is 6.61 Å². The predicted octanol–water partition coefficient (Wildman–Crippen LogP) is 2.09. The van der Waals surface area contributed by atoms with E-state index in [9.17, 15) is 10.2 Å². The Balaban J connectivity index is 2.27. The highest BCUT2D eigenvalue weighted by molar-refractivity contribution is 5.55. The molecule has 2 rings (SSSR count). The van der Waals surface area contributed by atoms with Crippen LogP contribution in [0.4, 0.5) is 5.69 Å². The summed E-state index contributed by atoms with van der Waals surface area (Å²) in [4.78, 5) is 2.24. The van der Waals surface area contributed by atoms with E-state index in [4.69, 9.17) is 0 Å². The Morgan fingerprint density at radius 2 is 2.06 bits per heavy atom. The molecule has 1 aliphatic carbocycles. The maximum atomic E-state index is 9.80. The number of aliphatic hydroxyl groups excluding tert-OH is 2. The van der Waals surface area contributed by atoms with Gasteiger partial charge in [0.05, 0.1) is 12.7 Å². The Labute approximate surface area is 103 Å². The molecule has 0 heterocycles. The summed E-state index contributed by atoms with van der Waals surface area (Å²) in [5.41, 5.74) is 2.02. The van der Waals surface area contributed by atoms with Crippen LogP contribution in [0.2, 0.25) is 0 Å². The van der Waals surface area contributed by atoms with E-state index < -0.39 is 6.10 Å². The molecule has 1 saturated carbocycles. The third kappa shape index (κ3) is 2.61. The number of benzene rings is 1. The predicted molar refractivity (Wildman–Crippen MR) is 69.1 cm³/mol. The minimum absolute atomic E-state index is 0.157. The quantitative estimate of drug-likeness (QED) is 0.821. The van der Waals surface area contributed by atoms with Gasteiger partial charge in [-0.3, -0.25) is 0 Å². The molecule has 1 aliphatic rings. The van der Waals surface area contributed by atoms with Gasteiger partial charge in [0, 0.05) is 23.8 Å². The number of rotatable bonds is 5. The molecule has 17 heavy (non-hydrogen) atoms. The van der Waals surface area contributed by atoms with Gasteiger partial charge in [-0.1, -0.05) is 18.2 Å². The lowest BCUT2D eigenvalue weighted by molar-refractivity contribution is 0.199. The van der Waals surface area contributed by atoms with Crippen molar-refractivity contribution >= 4 is 5.69 Å². The first kappa shape index (κ1) is 12.4. The van der Waals surface area contributed by atoms with Crippen molar-refractivity contribution in [3.63, 3.8) is 0 Å². The molecule has 0 unspecified atom stereocenters. The van der Waals surface area contributed by atoms with Gasteiger partial charge in [-0.25, -0.2) is 0 Å². The summed E-state index contributed by atoms with van der Waals surface area (Å²) in [5, 5.41) is 19.0. The molecule has 2 N–H and O–H groups in total. The summed E-state index contributed by atoms with van der Waals surface area (Å²) in [6.45, 7) is 2.59. The van der Waals surface area contributed by atoms with Gasteiger partial charge in [0.2, 0.25) is 0 Å². The summed E-state index contributed by atoms with van der Waals surface area (Å²) < 4.78 is 0. The third-order valence-corrected chi connectivity index (χ3v) is 3.55. The van der Waals surface area contributed by atoms with Crippen molar-refractivity contribution in [3.8, 4) is 0 Å². The lowest BCUT2D eigenvalue weighted by Crippen LogP contribution is -2.42. The average molecular weight is 235 g/mol. The van der Waals surface area contributed by atoms with Gasteiger partial charge in [0.1, 0.15) is 0 Å². The first-order valence-electron chi connectivity index (χ1n) is 6.38. The SMILES string of the molecule is C[C@@H](O)c1ccccc1N(CCO)C1CCC1. The van der Waals surface area contributed by atoms with Gasteiger partial charge >= 0.3 is 0 Å². The number of aliphatic hydroxyl groups is 2. The topological polar surface area (TPSA) is 43.7 Å². The minimum atomic E-state index is -0.465. The monoisotopic (exact) mass is 235 g/mol. The summed E-state index contributed by atoms with van der Waals surface area (Å²) in [5.74, 6) is 0. The zero-order valence-electron chi connectivity index (χ0n) is 10.3. The Bertz CT molecular complexity index is 361. The van der Waals surface area contributed by atoms with E-state index in [0.29, 0.717) is 12.6 Å². The molecule has 3 heteroatoms. The third-order valence-electron chi connectivity index (χ3n) is 3.55. The molecule has 0 saturated heterocycles. The lowest BCUT2D eigenvalue weighted by Gasteiger charge is -2.40. The highest BCUT2D eigenvalue weighted by Crippen LogP contribution is 2.33. The molecule has 0 aromatic heterocycles. The second-order valence-corrected chi connectivity index (χ2v) is 4.74. The fourth-order valence-corrected chi connectivity index (χ4v) is 2.41. The number of hydrogen-bond donors (Lipinski definition) is 2.